The van der Waals surface area contributed by atoms with Gasteiger partial charge in [-0.1, -0.05) is 32.4 Å². The Morgan fingerprint density at radius 2 is 1.90 bits per heavy atom. The first kappa shape index (κ1) is 22.4. The molecule has 1 unspecified atom stereocenters. The van der Waals surface area contributed by atoms with Crippen molar-refractivity contribution in [3.63, 3.8) is 0 Å². The number of H-pyrrole nitrogens is 1. The fourth-order valence-corrected chi connectivity index (χ4v) is 4.66. The van der Waals surface area contributed by atoms with Crippen molar-refractivity contribution >= 4 is 21.1 Å². The Morgan fingerprint density at radius 3 is 2.57 bits per heavy atom. The molecule has 0 aliphatic heterocycles. The van der Waals surface area contributed by atoms with Crippen molar-refractivity contribution in [1.82, 2.24) is 19.7 Å². The number of nitrogens with one attached hydrogen (secondary N) is 2. The van der Waals surface area contributed by atoms with Crippen LogP contribution in [0.3, 0.4) is 0 Å². The number of rotatable bonds is 10. The number of aryl methyl sites for hydroxylation is 1. The zero-order valence-corrected chi connectivity index (χ0v) is 18.8. The normalized spacial score (nSPS) is 14.1. The summed E-state index contributed by atoms with van der Waals surface area (Å²) in [6, 6.07) is 8.58. The van der Waals surface area contributed by atoms with Gasteiger partial charge in [-0.2, -0.15) is 0 Å². The van der Waals surface area contributed by atoms with Gasteiger partial charge in [-0.3, -0.25) is 4.98 Å². The molecule has 0 fully saturated rings. The summed E-state index contributed by atoms with van der Waals surface area (Å²) in [7, 11) is -3.63. The quantitative estimate of drug-likeness (QED) is 0.512. The fourth-order valence-electron chi connectivity index (χ4n) is 3.33. The molecule has 162 valence electrons. The maximum atomic E-state index is 12.9. The Balaban J connectivity index is 1.76. The average Bonchev–Trinajstić information content (AvgIpc) is 3.12. The summed E-state index contributed by atoms with van der Waals surface area (Å²) in [6.07, 6.45) is 3.20. The minimum atomic E-state index is -3.63. The van der Waals surface area contributed by atoms with Crippen molar-refractivity contribution in [2.45, 2.75) is 51.5 Å². The van der Waals surface area contributed by atoms with E-state index in [1.54, 1.807) is 18.3 Å². The lowest BCUT2D eigenvalue weighted by Crippen LogP contribution is -2.42. The molecule has 3 aromatic rings. The highest BCUT2D eigenvalue weighted by Crippen LogP contribution is 2.19. The van der Waals surface area contributed by atoms with Crippen molar-refractivity contribution in [3.8, 4) is 0 Å². The van der Waals surface area contributed by atoms with E-state index in [0.717, 1.165) is 34.5 Å². The smallest absolute Gasteiger partial charge is 0.240 e. The Morgan fingerprint density at radius 1 is 1.17 bits per heavy atom. The van der Waals surface area contributed by atoms with E-state index in [1.165, 1.54) is 0 Å². The van der Waals surface area contributed by atoms with Crippen LogP contribution in [0, 0.1) is 12.8 Å². The van der Waals surface area contributed by atoms with E-state index < -0.39 is 10.0 Å². The SMILES string of the molecule is CCOCC(NS(=O)(=O)c1ccc(Cc2nccc3[nH]c(C)nc23)cc1)[C@@H](C)CC. The maximum Gasteiger partial charge on any atom is 0.240 e. The van der Waals surface area contributed by atoms with Gasteiger partial charge in [0, 0.05) is 25.3 Å². The van der Waals surface area contributed by atoms with E-state index in [-0.39, 0.29) is 16.9 Å². The molecule has 7 nitrogen and oxygen atoms in total. The first-order valence-corrected chi connectivity index (χ1v) is 11.8. The summed E-state index contributed by atoms with van der Waals surface area (Å²) in [6.45, 7) is 8.80. The Labute approximate surface area is 178 Å². The molecule has 2 aromatic heterocycles. The molecule has 0 bridgehead atoms. The fraction of sp³-hybridized carbons (Fsp3) is 0.455. The number of sulfonamides is 1. The summed E-state index contributed by atoms with van der Waals surface area (Å²) in [5, 5.41) is 0. The molecule has 0 aliphatic rings. The highest BCUT2D eigenvalue weighted by molar-refractivity contribution is 7.89. The second-order valence-electron chi connectivity index (χ2n) is 7.57. The minimum absolute atomic E-state index is 0.175. The van der Waals surface area contributed by atoms with E-state index in [0.29, 0.717) is 19.6 Å². The van der Waals surface area contributed by atoms with Gasteiger partial charge >= 0.3 is 0 Å². The Bertz CT molecular complexity index is 1080. The molecular formula is C22H30N4O3S. The molecule has 0 spiro atoms. The molecule has 2 heterocycles. The van der Waals surface area contributed by atoms with Crippen LogP contribution in [0.5, 0.6) is 0 Å². The molecule has 30 heavy (non-hydrogen) atoms. The second-order valence-corrected chi connectivity index (χ2v) is 9.28. The predicted molar refractivity (Wildman–Crippen MR) is 118 cm³/mol. The number of nitrogens with zero attached hydrogens (tertiary/aromatic N) is 2. The number of benzene rings is 1. The number of hydrogen-bond donors (Lipinski definition) is 2. The number of fused-ring (bicyclic) bond motifs is 1. The summed E-state index contributed by atoms with van der Waals surface area (Å²) in [5.74, 6) is 1.02. The van der Waals surface area contributed by atoms with Crippen molar-refractivity contribution in [1.29, 1.82) is 0 Å². The van der Waals surface area contributed by atoms with Crippen LogP contribution in [0.15, 0.2) is 41.4 Å². The van der Waals surface area contributed by atoms with Crippen molar-refractivity contribution in [2.24, 2.45) is 5.92 Å². The minimum Gasteiger partial charge on any atom is -0.380 e. The van der Waals surface area contributed by atoms with Gasteiger partial charge in [0.1, 0.15) is 11.3 Å². The molecule has 8 heteroatoms. The third-order valence-electron chi connectivity index (χ3n) is 5.34. The number of hydrogen-bond acceptors (Lipinski definition) is 5. The molecule has 2 N–H and O–H groups in total. The summed E-state index contributed by atoms with van der Waals surface area (Å²) >= 11 is 0. The van der Waals surface area contributed by atoms with Gasteiger partial charge in [-0.25, -0.2) is 18.1 Å². The molecular weight excluding hydrogens is 400 g/mol. The summed E-state index contributed by atoms with van der Waals surface area (Å²) in [5.41, 5.74) is 3.63. The van der Waals surface area contributed by atoms with E-state index in [1.807, 2.05) is 45.9 Å². The zero-order chi connectivity index (χ0) is 21.7. The number of imidazole rings is 1. The topological polar surface area (TPSA) is 97.0 Å². The third-order valence-corrected chi connectivity index (χ3v) is 6.85. The lowest BCUT2D eigenvalue weighted by Gasteiger charge is -2.24. The van der Waals surface area contributed by atoms with Crippen molar-refractivity contribution in [3.05, 3.63) is 53.6 Å². The van der Waals surface area contributed by atoms with Gasteiger partial charge in [0.25, 0.3) is 0 Å². The van der Waals surface area contributed by atoms with Crippen LogP contribution < -0.4 is 4.72 Å². The van der Waals surface area contributed by atoms with Gasteiger partial charge in [-0.15, -0.1) is 0 Å². The van der Waals surface area contributed by atoms with Gasteiger partial charge in [0.05, 0.1) is 22.7 Å². The third kappa shape index (κ3) is 5.24. The maximum absolute atomic E-state index is 12.9. The van der Waals surface area contributed by atoms with Crippen molar-refractivity contribution in [2.75, 3.05) is 13.2 Å². The van der Waals surface area contributed by atoms with Crippen LogP contribution >= 0.6 is 0 Å². The van der Waals surface area contributed by atoms with Crippen molar-refractivity contribution < 1.29 is 13.2 Å². The Hall–Kier alpha value is -2.29. The highest BCUT2D eigenvalue weighted by Gasteiger charge is 2.24. The van der Waals surface area contributed by atoms with E-state index >= 15 is 0 Å². The molecule has 1 aromatic carbocycles. The number of ether oxygens (including phenoxy) is 1. The molecule has 0 saturated heterocycles. The largest absolute Gasteiger partial charge is 0.380 e. The van der Waals surface area contributed by atoms with E-state index in [4.69, 9.17) is 4.74 Å². The van der Waals surface area contributed by atoms with Gasteiger partial charge < -0.3 is 9.72 Å². The average molecular weight is 431 g/mol. The number of pyridine rings is 1. The standard InChI is InChI=1S/C22H30N4O3S/c1-5-15(3)21(14-29-6-2)26-30(27,28)18-9-7-17(8-10-18)13-20-22-19(11-12-23-20)24-16(4)25-22/h7-12,15,21,26H,5-6,13-14H2,1-4H3,(H,24,25)/t15-,21?/m0/s1. The van der Waals surface area contributed by atoms with Crippen LogP contribution in [0.2, 0.25) is 0 Å². The predicted octanol–water partition coefficient (Wildman–Crippen LogP) is 3.59. The molecule has 0 aliphatic carbocycles. The molecule has 3 rings (SSSR count). The van der Waals surface area contributed by atoms with E-state index in [9.17, 15) is 8.42 Å². The lowest BCUT2D eigenvalue weighted by molar-refractivity contribution is 0.112. The molecule has 2 atom stereocenters. The lowest BCUT2D eigenvalue weighted by atomic mass is 10.0. The monoisotopic (exact) mass is 430 g/mol. The molecule has 0 radical (unpaired) electrons. The van der Waals surface area contributed by atoms with Crippen LogP contribution in [-0.4, -0.2) is 42.6 Å². The van der Waals surface area contributed by atoms with Gasteiger partial charge in [0.2, 0.25) is 10.0 Å². The highest BCUT2D eigenvalue weighted by atomic mass is 32.2. The first-order valence-electron chi connectivity index (χ1n) is 10.3. The first-order chi connectivity index (χ1) is 14.3. The second kappa shape index (κ2) is 9.68. The van der Waals surface area contributed by atoms with Crippen LogP contribution in [0.4, 0.5) is 0 Å². The van der Waals surface area contributed by atoms with Crippen LogP contribution in [0.1, 0.15) is 44.3 Å². The number of aromatic amines is 1. The van der Waals surface area contributed by atoms with Gasteiger partial charge in [-0.05, 0) is 43.5 Å². The van der Waals surface area contributed by atoms with Crippen LogP contribution in [0.25, 0.3) is 11.0 Å². The number of aromatic nitrogens is 3. The summed E-state index contributed by atoms with van der Waals surface area (Å²) in [4.78, 5) is 12.4. The molecule has 0 saturated carbocycles. The van der Waals surface area contributed by atoms with Crippen LogP contribution in [-0.2, 0) is 21.2 Å². The zero-order valence-electron chi connectivity index (χ0n) is 18.0. The summed E-state index contributed by atoms with van der Waals surface area (Å²) < 4.78 is 34.1. The van der Waals surface area contributed by atoms with E-state index in [2.05, 4.69) is 19.7 Å². The van der Waals surface area contributed by atoms with Gasteiger partial charge in [0.15, 0.2) is 0 Å². The molecule has 0 amide bonds. The Kier molecular flexibility index (Phi) is 7.23.